The van der Waals surface area contributed by atoms with Crippen molar-refractivity contribution in [2.45, 2.75) is 88.5 Å². The summed E-state index contributed by atoms with van der Waals surface area (Å²) in [4.78, 5) is 10.8. The van der Waals surface area contributed by atoms with Crippen molar-refractivity contribution in [3.8, 4) is 17.2 Å². The van der Waals surface area contributed by atoms with Crippen LogP contribution in [0.2, 0.25) is 0 Å². The summed E-state index contributed by atoms with van der Waals surface area (Å²) in [5.74, 6) is 0.401. The molecule has 0 aliphatic carbocycles. The first-order valence-corrected chi connectivity index (χ1v) is 14.7. The highest BCUT2D eigenvalue weighted by atomic mass is 32.2. The summed E-state index contributed by atoms with van der Waals surface area (Å²) in [6, 6.07) is 10.5. The Hall–Kier alpha value is -3.40. The Morgan fingerprint density at radius 1 is 0.974 bits per heavy atom. The van der Waals surface area contributed by atoms with Gasteiger partial charge in [0.1, 0.15) is 17.2 Å². The summed E-state index contributed by atoms with van der Waals surface area (Å²) in [6.45, 7) is 10.3. The van der Waals surface area contributed by atoms with Crippen molar-refractivity contribution in [1.82, 2.24) is 15.0 Å². The summed E-state index contributed by atoms with van der Waals surface area (Å²) >= 11 is 0. The van der Waals surface area contributed by atoms with Crippen molar-refractivity contribution < 1.29 is 27.8 Å². The topological polar surface area (TPSA) is 121 Å². The van der Waals surface area contributed by atoms with E-state index in [-0.39, 0.29) is 21.8 Å². The van der Waals surface area contributed by atoms with Crippen LogP contribution in [-0.4, -0.2) is 48.2 Å². The van der Waals surface area contributed by atoms with Crippen molar-refractivity contribution in [2.24, 2.45) is 0 Å². The number of carboxylic acids is 1. The van der Waals surface area contributed by atoms with Gasteiger partial charge in [-0.15, -0.1) is 5.10 Å². The number of benzene rings is 2. The third-order valence-corrected chi connectivity index (χ3v) is 8.41. The van der Waals surface area contributed by atoms with E-state index in [1.54, 1.807) is 25.1 Å². The van der Waals surface area contributed by atoms with Gasteiger partial charge in [0.05, 0.1) is 24.3 Å². The Labute approximate surface area is 231 Å². The number of nitrogens with zero attached hydrogens (tertiary/aromatic N) is 3. The summed E-state index contributed by atoms with van der Waals surface area (Å²) in [5, 5.41) is 16.8. The predicted octanol–water partition coefficient (Wildman–Crippen LogP) is 5.83. The number of rotatable bonds is 13. The number of carboxylic acid groups (broad SMARTS) is 1. The van der Waals surface area contributed by atoms with Gasteiger partial charge in [-0.25, -0.2) is 13.1 Å². The van der Waals surface area contributed by atoms with E-state index in [0.717, 1.165) is 36.8 Å². The summed E-state index contributed by atoms with van der Waals surface area (Å²) < 4.78 is 39.9. The van der Waals surface area contributed by atoms with Crippen LogP contribution in [0.1, 0.15) is 76.1 Å². The van der Waals surface area contributed by atoms with Gasteiger partial charge in [0.2, 0.25) is 14.9 Å². The number of methoxy groups -OCH3 is 1. The molecular weight excluding hydrogens is 518 g/mol. The van der Waals surface area contributed by atoms with Crippen LogP contribution in [-0.2, 0) is 20.0 Å². The molecule has 0 aliphatic heterocycles. The second kappa shape index (κ2) is 12.6. The van der Waals surface area contributed by atoms with Crippen molar-refractivity contribution >= 4 is 15.8 Å². The van der Waals surface area contributed by atoms with E-state index in [0.29, 0.717) is 35.9 Å². The average Bonchev–Trinajstić information content (AvgIpc) is 3.27. The molecule has 0 saturated carbocycles. The van der Waals surface area contributed by atoms with Crippen LogP contribution in [0.5, 0.6) is 11.5 Å². The molecule has 2 aromatic carbocycles. The number of aryl methyl sites for hydroxylation is 1. The third-order valence-electron chi connectivity index (χ3n) is 6.63. The largest absolute Gasteiger partial charge is 0.494 e. The number of hydrogen-bond acceptors (Lipinski definition) is 7. The Kier molecular flexibility index (Phi) is 9.77. The first kappa shape index (κ1) is 30.1. The minimum Gasteiger partial charge on any atom is -0.494 e. The molecule has 39 heavy (non-hydrogen) atoms. The fourth-order valence-corrected chi connectivity index (χ4v) is 5.60. The maximum Gasteiger partial charge on any atom is 0.303 e. The van der Waals surface area contributed by atoms with Gasteiger partial charge in [0.25, 0.3) is 0 Å². The van der Waals surface area contributed by atoms with Crippen molar-refractivity contribution in [1.29, 1.82) is 0 Å². The quantitative estimate of drug-likeness (QED) is 0.261. The number of hydrogen-bond donors (Lipinski definition) is 1. The first-order valence-electron chi connectivity index (χ1n) is 13.2. The van der Waals surface area contributed by atoms with E-state index in [1.807, 2.05) is 25.1 Å². The van der Waals surface area contributed by atoms with Gasteiger partial charge in [0.15, 0.2) is 0 Å². The molecule has 0 aliphatic rings. The van der Waals surface area contributed by atoms with Gasteiger partial charge < -0.3 is 14.6 Å². The molecule has 0 bridgehead atoms. The molecule has 0 radical (unpaired) electrons. The molecule has 0 saturated heterocycles. The minimum absolute atomic E-state index is 0.0883. The zero-order valence-electron chi connectivity index (χ0n) is 23.7. The van der Waals surface area contributed by atoms with E-state index in [1.165, 1.54) is 11.8 Å². The van der Waals surface area contributed by atoms with Crippen molar-refractivity contribution in [2.75, 3.05) is 13.7 Å². The van der Waals surface area contributed by atoms with Gasteiger partial charge in [-0.1, -0.05) is 57.4 Å². The Morgan fingerprint density at radius 2 is 1.62 bits per heavy atom. The number of ether oxygens (including phenoxy) is 2. The molecular formula is C29H39N3O6S. The number of carbonyl (C=O) groups is 1. The van der Waals surface area contributed by atoms with Crippen molar-refractivity contribution in [3.63, 3.8) is 0 Å². The molecule has 0 unspecified atom stereocenters. The highest BCUT2D eigenvalue weighted by Gasteiger charge is 2.27. The van der Waals surface area contributed by atoms with Gasteiger partial charge in [-0.05, 0) is 61.4 Å². The lowest BCUT2D eigenvalue weighted by Gasteiger charge is -2.19. The standard InChI is InChI=1S/C29H39N3O6S/c1-20-18-24(26(37-6)19-25(20)38-17-11-9-7-8-10-12-27(33)34)32-21(2)28(30-31-32)39(35,36)23-15-13-22(14-16-23)29(3,4)5/h13-16,18-19H,7-12,17H2,1-6H3,(H,33,34). The lowest BCUT2D eigenvalue weighted by atomic mass is 9.87. The number of unbranched alkanes of at least 4 members (excludes halogenated alkanes) is 4. The molecule has 3 rings (SSSR count). The van der Waals surface area contributed by atoms with Crippen LogP contribution in [0.15, 0.2) is 46.3 Å². The van der Waals surface area contributed by atoms with Crippen LogP contribution in [0.3, 0.4) is 0 Å². The average molecular weight is 558 g/mol. The number of aromatic nitrogens is 3. The predicted molar refractivity (Wildman–Crippen MR) is 149 cm³/mol. The van der Waals surface area contributed by atoms with E-state index >= 15 is 0 Å². The molecule has 0 amide bonds. The van der Waals surface area contributed by atoms with E-state index in [9.17, 15) is 13.2 Å². The van der Waals surface area contributed by atoms with Crippen LogP contribution in [0, 0.1) is 13.8 Å². The van der Waals surface area contributed by atoms with Crippen LogP contribution in [0.25, 0.3) is 5.69 Å². The number of aliphatic carboxylic acids is 1. The van der Waals surface area contributed by atoms with Gasteiger partial charge in [0, 0.05) is 12.5 Å². The smallest absolute Gasteiger partial charge is 0.303 e. The minimum atomic E-state index is -3.87. The first-order chi connectivity index (χ1) is 18.4. The van der Waals surface area contributed by atoms with Gasteiger partial charge in [-0.2, -0.15) is 0 Å². The molecule has 3 aromatic rings. The van der Waals surface area contributed by atoms with Crippen LogP contribution in [0.4, 0.5) is 0 Å². The van der Waals surface area contributed by atoms with Crippen molar-refractivity contribution in [3.05, 3.63) is 53.2 Å². The van der Waals surface area contributed by atoms with Gasteiger partial charge in [-0.3, -0.25) is 4.79 Å². The fraction of sp³-hybridized carbons (Fsp3) is 0.483. The second-order valence-electron chi connectivity index (χ2n) is 10.7. The molecule has 1 N–H and O–H groups in total. The maximum atomic E-state index is 13.4. The zero-order valence-corrected chi connectivity index (χ0v) is 24.5. The molecule has 10 heteroatoms. The number of sulfone groups is 1. The summed E-state index contributed by atoms with van der Waals surface area (Å²) in [7, 11) is -2.34. The molecule has 1 heterocycles. The maximum absolute atomic E-state index is 13.4. The summed E-state index contributed by atoms with van der Waals surface area (Å²) in [5.41, 5.74) is 2.75. The van der Waals surface area contributed by atoms with Crippen LogP contribution >= 0.6 is 0 Å². The van der Waals surface area contributed by atoms with E-state index < -0.39 is 15.8 Å². The van der Waals surface area contributed by atoms with Gasteiger partial charge >= 0.3 is 5.97 Å². The molecule has 0 atom stereocenters. The SMILES string of the molecule is COc1cc(OCCCCCCCC(=O)O)c(C)cc1-n1nnc(S(=O)(=O)c2ccc(C(C)(C)C)cc2)c1C. The molecule has 9 nitrogen and oxygen atoms in total. The third kappa shape index (κ3) is 7.38. The second-order valence-corrected chi connectivity index (χ2v) is 12.6. The van der Waals surface area contributed by atoms with Crippen LogP contribution < -0.4 is 9.47 Å². The monoisotopic (exact) mass is 557 g/mol. The highest BCUT2D eigenvalue weighted by molar-refractivity contribution is 7.91. The molecule has 212 valence electrons. The molecule has 1 aromatic heterocycles. The Bertz CT molecular complexity index is 1390. The molecule has 0 spiro atoms. The highest BCUT2D eigenvalue weighted by Crippen LogP contribution is 2.33. The van der Waals surface area contributed by atoms with E-state index in [4.69, 9.17) is 14.6 Å². The Morgan fingerprint density at radius 3 is 2.23 bits per heavy atom. The lowest BCUT2D eigenvalue weighted by Crippen LogP contribution is -2.12. The fourth-order valence-electron chi connectivity index (χ4n) is 4.27. The zero-order chi connectivity index (χ0) is 28.8. The normalized spacial score (nSPS) is 11.9. The Balaban J connectivity index is 1.75. The lowest BCUT2D eigenvalue weighted by molar-refractivity contribution is -0.137. The molecule has 0 fully saturated rings. The summed E-state index contributed by atoms with van der Waals surface area (Å²) in [6.07, 6.45) is 4.59. The van der Waals surface area contributed by atoms with E-state index in [2.05, 4.69) is 31.1 Å².